The Morgan fingerprint density at radius 2 is 2.16 bits per heavy atom. The monoisotopic (exact) mass is 340 g/mol. The van der Waals surface area contributed by atoms with E-state index in [-0.39, 0.29) is 12.2 Å². The summed E-state index contributed by atoms with van der Waals surface area (Å²) in [5.41, 5.74) is 1.74. The molecule has 0 radical (unpaired) electrons. The fourth-order valence-corrected chi connectivity index (χ4v) is 2.83. The molecule has 0 saturated carbocycles. The molecule has 132 valence electrons. The van der Waals surface area contributed by atoms with Crippen LogP contribution in [0.1, 0.15) is 32.0 Å². The van der Waals surface area contributed by atoms with Gasteiger partial charge in [0.2, 0.25) is 0 Å². The maximum atomic E-state index is 8.51. The summed E-state index contributed by atoms with van der Waals surface area (Å²) < 4.78 is 11.3. The first-order valence-corrected chi connectivity index (χ1v) is 8.57. The van der Waals surface area contributed by atoms with Crippen molar-refractivity contribution >= 4 is 11.5 Å². The Balaban J connectivity index is 1.82. The van der Waals surface area contributed by atoms with Crippen LogP contribution in [0.3, 0.4) is 0 Å². The number of aromatic nitrogens is 2. The van der Waals surface area contributed by atoms with Gasteiger partial charge in [0.25, 0.3) is 0 Å². The predicted molar refractivity (Wildman–Crippen MR) is 97.8 cm³/mol. The van der Waals surface area contributed by atoms with Gasteiger partial charge in [-0.15, -0.1) is 0 Å². The zero-order valence-electron chi connectivity index (χ0n) is 14.9. The van der Waals surface area contributed by atoms with Crippen molar-refractivity contribution < 1.29 is 9.47 Å². The summed E-state index contributed by atoms with van der Waals surface area (Å²) in [5, 5.41) is 8.51. The van der Waals surface area contributed by atoms with Crippen molar-refractivity contribution in [1.82, 2.24) is 9.97 Å². The Morgan fingerprint density at radius 3 is 2.92 bits per heavy atom. The number of morpholine rings is 1. The summed E-state index contributed by atoms with van der Waals surface area (Å²) in [7, 11) is 0. The first-order valence-electron chi connectivity index (χ1n) is 8.57. The molecule has 1 saturated heterocycles. The highest BCUT2D eigenvalue weighted by Gasteiger charge is 2.19. The van der Waals surface area contributed by atoms with Crippen LogP contribution in [0.5, 0.6) is 5.75 Å². The minimum absolute atomic E-state index is 0.0957. The third-order valence-electron chi connectivity index (χ3n) is 3.97. The topological polar surface area (TPSA) is 71.3 Å². The average molecular weight is 340 g/mol. The maximum absolute atomic E-state index is 8.51. The maximum Gasteiger partial charge on any atom is 0.132 e. The van der Waals surface area contributed by atoms with Gasteiger partial charge < -0.3 is 14.4 Å². The van der Waals surface area contributed by atoms with Gasteiger partial charge in [0.1, 0.15) is 17.9 Å². The van der Waals surface area contributed by atoms with E-state index < -0.39 is 0 Å². The first-order chi connectivity index (χ1) is 12.0. The number of ether oxygens (including phenoxy) is 2. The van der Waals surface area contributed by atoms with Gasteiger partial charge in [-0.1, -0.05) is 12.1 Å². The third-order valence-corrected chi connectivity index (χ3v) is 3.97. The quantitative estimate of drug-likeness (QED) is 0.848. The molecule has 2 aromatic rings. The number of hydrogen-bond donors (Lipinski definition) is 1. The fraction of sp³-hybridized carbons (Fsp3) is 0.421. The molecular weight excluding hydrogens is 316 g/mol. The van der Waals surface area contributed by atoms with Crippen molar-refractivity contribution in [3.8, 4) is 5.75 Å². The second kappa shape index (κ2) is 7.61. The third kappa shape index (κ3) is 4.33. The Bertz CT molecular complexity index is 748. The Labute approximate surface area is 148 Å². The lowest BCUT2D eigenvalue weighted by atomic mass is 10.1. The summed E-state index contributed by atoms with van der Waals surface area (Å²) in [6.45, 7) is 8.30. The Morgan fingerprint density at radius 1 is 1.32 bits per heavy atom. The molecule has 0 unspecified atom stereocenters. The molecule has 2 heterocycles. The van der Waals surface area contributed by atoms with Crippen molar-refractivity contribution in [2.75, 3.05) is 24.6 Å². The van der Waals surface area contributed by atoms with Crippen LogP contribution in [0, 0.1) is 5.41 Å². The number of hydrogen-bond acceptors (Lipinski definition) is 6. The molecule has 1 aromatic heterocycles. The van der Waals surface area contributed by atoms with Crippen LogP contribution in [0.2, 0.25) is 0 Å². The molecule has 0 bridgehead atoms. The van der Waals surface area contributed by atoms with E-state index in [1.807, 2.05) is 44.2 Å². The van der Waals surface area contributed by atoms with E-state index in [0.717, 1.165) is 30.2 Å². The molecule has 0 spiro atoms. The largest absolute Gasteiger partial charge is 0.491 e. The number of anilines is 1. The fourth-order valence-electron chi connectivity index (χ4n) is 2.83. The minimum Gasteiger partial charge on any atom is -0.491 e. The van der Waals surface area contributed by atoms with Crippen LogP contribution < -0.4 is 9.64 Å². The molecule has 6 heteroatoms. The molecule has 1 aliphatic rings. The summed E-state index contributed by atoms with van der Waals surface area (Å²) in [5.74, 6) is 1.59. The molecule has 0 amide bonds. The standard InChI is InChI=1S/C19H24N4O2/c1-13(2)25-16-6-4-5-15(9-16)19(20)17-10-18(22-12-21-17)23-7-8-24-14(3)11-23/h4-6,9-10,12-14,20H,7-8,11H2,1-3H3/t14-/m1/s1. The van der Waals surface area contributed by atoms with Gasteiger partial charge in [-0.25, -0.2) is 9.97 Å². The van der Waals surface area contributed by atoms with Gasteiger partial charge in [-0.05, 0) is 32.9 Å². The second-order valence-corrected chi connectivity index (χ2v) is 6.46. The number of nitrogens with zero attached hydrogens (tertiary/aromatic N) is 3. The molecule has 25 heavy (non-hydrogen) atoms. The smallest absolute Gasteiger partial charge is 0.132 e. The number of rotatable bonds is 5. The molecule has 0 aliphatic carbocycles. The lowest BCUT2D eigenvalue weighted by Gasteiger charge is -2.32. The highest BCUT2D eigenvalue weighted by Crippen LogP contribution is 2.20. The van der Waals surface area contributed by atoms with Crippen molar-refractivity contribution in [2.45, 2.75) is 33.0 Å². The minimum atomic E-state index is 0.0957. The van der Waals surface area contributed by atoms with Crippen LogP contribution in [-0.4, -0.2) is 47.6 Å². The first kappa shape index (κ1) is 17.4. The van der Waals surface area contributed by atoms with Gasteiger partial charge >= 0.3 is 0 Å². The lowest BCUT2D eigenvalue weighted by molar-refractivity contribution is 0.0529. The van der Waals surface area contributed by atoms with Gasteiger partial charge in [0, 0.05) is 24.7 Å². The summed E-state index contributed by atoms with van der Waals surface area (Å²) in [6.07, 6.45) is 1.79. The van der Waals surface area contributed by atoms with Gasteiger partial charge in [-0.3, -0.25) is 5.41 Å². The molecule has 1 aliphatic heterocycles. The van der Waals surface area contributed by atoms with Crippen LogP contribution in [0.15, 0.2) is 36.7 Å². The van der Waals surface area contributed by atoms with E-state index in [4.69, 9.17) is 14.9 Å². The van der Waals surface area contributed by atoms with E-state index >= 15 is 0 Å². The van der Waals surface area contributed by atoms with Crippen molar-refractivity contribution in [1.29, 1.82) is 5.41 Å². The van der Waals surface area contributed by atoms with Crippen molar-refractivity contribution in [2.24, 2.45) is 0 Å². The molecule has 1 aromatic carbocycles. The van der Waals surface area contributed by atoms with Crippen molar-refractivity contribution in [3.63, 3.8) is 0 Å². The zero-order valence-corrected chi connectivity index (χ0v) is 14.9. The van der Waals surface area contributed by atoms with Crippen LogP contribution in [-0.2, 0) is 4.74 Å². The highest BCUT2D eigenvalue weighted by atomic mass is 16.5. The van der Waals surface area contributed by atoms with E-state index in [1.165, 1.54) is 6.33 Å². The molecule has 1 fully saturated rings. The van der Waals surface area contributed by atoms with E-state index in [2.05, 4.69) is 21.8 Å². The highest BCUT2D eigenvalue weighted by molar-refractivity contribution is 6.10. The Kier molecular flexibility index (Phi) is 5.28. The van der Waals surface area contributed by atoms with E-state index in [9.17, 15) is 0 Å². The summed E-state index contributed by atoms with van der Waals surface area (Å²) >= 11 is 0. The SMILES string of the molecule is CC(C)Oc1cccc(C(=N)c2cc(N3CCO[C@H](C)C3)ncn2)c1. The Hall–Kier alpha value is -2.47. The summed E-state index contributed by atoms with van der Waals surface area (Å²) in [6, 6.07) is 9.44. The van der Waals surface area contributed by atoms with Gasteiger partial charge in [0.05, 0.1) is 30.2 Å². The van der Waals surface area contributed by atoms with E-state index in [1.54, 1.807) is 0 Å². The number of nitrogens with one attached hydrogen (secondary N) is 1. The van der Waals surface area contributed by atoms with Gasteiger partial charge in [-0.2, -0.15) is 0 Å². The molecule has 1 atom stereocenters. The van der Waals surface area contributed by atoms with Crippen molar-refractivity contribution in [3.05, 3.63) is 47.9 Å². The summed E-state index contributed by atoms with van der Waals surface area (Å²) in [4.78, 5) is 10.8. The average Bonchev–Trinajstić information content (AvgIpc) is 2.61. The van der Waals surface area contributed by atoms with E-state index in [0.29, 0.717) is 18.0 Å². The van der Waals surface area contributed by atoms with Crippen LogP contribution >= 0.6 is 0 Å². The normalized spacial score (nSPS) is 17.6. The number of benzene rings is 1. The zero-order chi connectivity index (χ0) is 17.8. The van der Waals surface area contributed by atoms with Crippen LogP contribution in [0.4, 0.5) is 5.82 Å². The second-order valence-electron chi connectivity index (χ2n) is 6.46. The molecular formula is C19H24N4O2. The predicted octanol–water partition coefficient (Wildman–Crippen LogP) is 2.91. The van der Waals surface area contributed by atoms with Gasteiger partial charge in [0.15, 0.2) is 0 Å². The van der Waals surface area contributed by atoms with Crippen LogP contribution in [0.25, 0.3) is 0 Å². The lowest BCUT2D eigenvalue weighted by Crippen LogP contribution is -2.41. The molecule has 6 nitrogen and oxygen atoms in total. The molecule has 3 rings (SSSR count). The molecule has 1 N–H and O–H groups in total.